The summed E-state index contributed by atoms with van der Waals surface area (Å²) >= 11 is 0. The van der Waals surface area contributed by atoms with Gasteiger partial charge in [-0.1, -0.05) is 42.5 Å². The summed E-state index contributed by atoms with van der Waals surface area (Å²) in [6.07, 6.45) is -0.572. The highest BCUT2D eigenvalue weighted by Gasteiger charge is 2.24. The minimum atomic E-state index is -0.950. The Bertz CT molecular complexity index is 922. The van der Waals surface area contributed by atoms with E-state index in [-0.39, 0.29) is 26.2 Å². The average Bonchev–Trinajstić information content (AvgIpc) is 2.76. The van der Waals surface area contributed by atoms with Crippen LogP contribution < -0.4 is 10.1 Å². The van der Waals surface area contributed by atoms with E-state index in [1.807, 2.05) is 30.3 Å². The van der Waals surface area contributed by atoms with E-state index in [1.165, 1.54) is 0 Å². The van der Waals surface area contributed by atoms with Crippen molar-refractivity contribution in [3.63, 3.8) is 0 Å². The van der Waals surface area contributed by atoms with Gasteiger partial charge in [-0.2, -0.15) is 0 Å². The van der Waals surface area contributed by atoms with Crippen molar-refractivity contribution in [3.05, 3.63) is 65.7 Å². The maximum Gasteiger partial charge on any atom is 0.408 e. The second-order valence-electron chi connectivity index (χ2n) is 8.24. The van der Waals surface area contributed by atoms with Gasteiger partial charge in [0.1, 0.15) is 24.0 Å². The number of benzene rings is 2. The zero-order valence-corrected chi connectivity index (χ0v) is 19.5. The lowest BCUT2D eigenvalue weighted by Crippen LogP contribution is -2.43. The summed E-state index contributed by atoms with van der Waals surface area (Å²) in [4.78, 5) is 36.5. The quantitative estimate of drug-likeness (QED) is 0.428. The van der Waals surface area contributed by atoms with E-state index in [4.69, 9.17) is 18.9 Å². The normalized spacial score (nSPS) is 11.8. The fourth-order valence-electron chi connectivity index (χ4n) is 2.85. The lowest BCUT2D eigenvalue weighted by molar-refractivity contribution is -0.157. The van der Waals surface area contributed by atoms with Crippen molar-refractivity contribution in [2.75, 3.05) is 13.2 Å². The second kappa shape index (κ2) is 12.5. The average molecular weight is 458 g/mol. The number of carbonyl (C=O) groups excluding carboxylic acids is 3. The molecule has 0 aliphatic heterocycles. The number of ether oxygens (including phenoxy) is 4. The zero-order chi connectivity index (χ0) is 24.3. The van der Waals surface area contributed by atoms with Gasteiger partial charge in [0.05, 0.1) is 6.61 Å². The molecule has 8 nitrogen and oxygen atoms in total. The van der Waals surface area contributed by atoms with E-state index in [0.29, 0.717) is 11.3 Å². The van der Waals surface area contributed by atoms with Gasteiger partial charge < -0.3 is 24.3 Å². The molecular formula is C25H31NO7. The minimum absolute atomic E-state index is 0.0796. The molecule has 178 valence electrons. The first-order chi connectivity index (χ1) is 15.7. The summed E-state index contributed by atoms with van der Waals surface area (Å²) in [7, 11) is 0. The number of nitrogens with one attached hydrogen (secondary N) is 1. The number of hydrogen-bond donors (Lipinski definition) is 1. The molecule has 1 amide bonds. The first-order valence-corrected chi connectivity index (χ1v) is 10.7. The number of esters is 2. The van der Waals surface area contributed by atoms with E-state index in [1.54, 1.807) is 52.0 Å². The third kappa shape index (κ3) is 10.1. The Balaban J connectivity index is 1.98. The molecule has 2 rings (SSSR count). The van der Waals surface area contributed by atoms with Gasteiger partial charge in [-0.05, 0) is 51.0 Å². The van der Waals surface area contributed by atoms with Crippen LogP contribution in [0.15, 0.2) is 54.6 Å². The lowest BCUT2D eigenvalue weighted by atomic mass is 10.1. The van der Waals surface area contributed by atoms with Crippen molar-refractivity contribution >= 4 is 18.0 Å². The van der Waals surface area contributed by atoms with Crippen molar-refractivity contribution in [1.82, 2.24) is 5.32 Å². The summed E-state index contributed by atoms with van der Waals surface area (Å²) in [5.41, 5.74) is 0.934. The van der Waals surface area contributed by atoms with Crippen LogP contribution in [0.1, 0.15) is 38.8 Å². The van der Waals surface area contributed by atoms with Gasteiger partial charge >= 0.3 is 18.0 Å². The highest BCUT2D eigenvalue weighted by atomic mass is 16.6. The first-order valence-electron chi connectivity index (χ1n) is 10.7. The smallest absolute Gasteiger partial charge is 0.408 e. The van der Waals surface area contributed by atoms with Gasteiger partial charge in [-0.15, -0.1) is 0 Å². The molecule has 2 aromatic carbocycles. The third-order valence-electron chi connectivity index (χ3n) is 4.19. The number of carbonyl (C=O) groups is 3. The van der Waals surface area contributed by atoms with Gasteiger partial charge in [0.2, 0.25) is 0 Å². The highest BCUT2D eigenvalue weighted by molar-refractivity contribution is 5.81. The summed E-state index contributed by atoms with van der Waals surface area (Å²) in [6.45, 7) is 7.03. The zero-order valence-electron chi connectivity index (χ0n) is 19.5. The van der Waals surface area contributed by atoms with Crippen molar-refractivity contribution in [2.24, 2.45) is 0 Å². The van der Waals surface area contributed by atoms with Crippen LogP contribution in [0.25, 0.3) is 0 Å². The topological polar surface area (TPSA) is 100 Å². The van der Waals surface area contributed by atoms with Crippen LogP contribution in [-0.2, 0) is 36.8 Å². The fourth-order valence-corrected chi connectivity index (χ4v) is 2.85. The van der Waals surface area contributed by atoms with Gasteiger partial charge in [0, 0.05) is 6.42 Å². The first kappa shape index (κ1) is 25.7. The van der Waals surface area contributed by atoms with Crippen molar-refractivity contribution < 1.29 is 33.3 Å². The third-order valence-corrected chi connectivity index (χ3v) is 4.19. The van der Waals surface area contributed by atoms with Crippen molar-refractivity contribution in [2.45, 2.75) is 52.4 Å². The molecule has 0 saturated carbocycles. The Morgan fingerprint density at radius 2 is 1.64 bits per heavy atom. The molecule has 8 heteroatoms. The second-order valence-corrected chi connectivity index (χ2v) is 8.24. The standard InChI is InChI=1S/C25H31NO7/c1-5-30-23(28)21(26-24(29)32-16-18-10-7-6-8-11-18)15-19-12-9-13-20(14-19)31-17-22(27)33-25(2,3)4/h6-14,21H,5,15-17H2,1-4H3,(H,26,29)/t21-/m0/s1. The number of amides is 1. The van der Waals surface area contributed by atoms with Crippen LogP contribution in [0.3, 0.4) is 0 Å². The SMILES string of the molecule is CCOC(=O)[C@H](Cc1cccc(OCC(=O)OC(C)(C)C)c1)NC(=O)OCc1ccccc1. The summed E-state index contributed by atoms with van der Waals surface area (Å²) in [5.74, 6) is -0.623. The molecule has 0 unspecified atom stereocenters. The molecule has 2 aromatic rings. The predicted octanol–water partition coefficient (Wildman–Crippen LogP) is 3.81. The molecule has 0 radical (unpaired) electrons. The van der Waals surface area contributed by atoms with Crippen LogP contribution >= 0.6 is 0 Å². The van der Waals surface area contributed by atoms with Crippen LogP contribution in [-0.4, -0.2) is 42.9 Å². The summed E-state index contributed by atoms with van der Waals surface area (Å²) < 4.78 is 21.0. The maximum atomic E-state index is 12.4. The Labute approximate surface area is 194 Å². The molecule has 0 fully saturated rings. The monoisotopic (exact) mass is 457 g/mol. The van der Waals surface area contributed by atoms with Crippen LogP contribution in [0, 0.1) is 0 Å². The van der Waals surface area contributed by atoms with E-state index in [0.717, 1.165) is 5.56 Å². The van der Waals surface area contributed by atoms with E-state index in [9.17, 15) is 14.4 Å². The molecule has 0 spiro atoms. The van der Waals surface area contributed by atoms with E-state index >= 15 is 0 Å². The Hall–Kier alpha value is -3.55. The largest absolute Gasteiger partial charge is 0.482 e. The number of hydrogen-bond acceptors (Lipinski definition) is 7. The van der Waals surface area contributed by atoms with Crippen LogP contribution in [0.4, 0.5) is 4.79 Å². The molecule has 1 N–H and O–H groups in total. The minimum Gasteiger partial charge on any atom is -0.482 e. The van der Waals surface area contributed by atoms with Gasteiger partial charge in [0.15, 0.2) is 6.61 Å². The summed E-state index contributed by atoms with van der Waals surface area (Å²) in [5, 5.41) is 2.57. The fraction of sp³-hybridized carbons (Fsp3) is 0.400. The van der Waals surface area contributed by atoms with Crippen molar-refractivity contribution in [1.29, 1.82) is 0 Å². The molecule has 0 bridgehead atoms. The molecule has 0 aliphatic carbocycles. The van der Waals surface area contributed by atoms with Crippen molar-refractivity contribution in [3.8, 4) is 5.75 Å². The van der Waals surface area contributed by atoms with Crippen LogP contribution in [0.5, 0.6) is 5.75 Å². The van der Waals surface area contributed by atoms with Crippen LogP contribution in [0.2, 0.25) is 0 Å². The highest BCUT2D eigenvalue weighted by Crippen LogP contribution is 2.16. The maximum absolute atomic E-state index is 12.4. The molecule has 33 heavy (non-hydrogen) atoms. The molecule has 0 heterocycles. The Morgan fingerprint density at radius 3 is 2.30 bits per heavy atom. The van der Waals surface area contributed by atoms with Gasteiger partial charge in [-0.3, -0.25) is 0 Å². The molecule has 0 aromatic heterocycles. The Morgan fingerprint density at radius 1 is 0.939 bits per heavy atom. The van der Waals surface area contributed by atoms with Gasteiger partial charge in [0.25, 0.3) is 0 Å². The summed E-state index contributed by atoms with van der Waals surface area (Å²) in [6, 6.07) is 15.2. The van der Waals surface area contributed by atoms with Gasteiger partial charge in [-0.25, -0.2) is 14.4 Å². The molecular weight excluding hydrogens is 426 g/mol. The van der Waals surface area contributed by atoms with E-state index < -0.39 is 29.7 Å². The molecule has 0 aliphatic rings. The predicted molar refractivity (Wildman–Crippen MR) is 122 cm³/mol. The molecule has 1 atom stereocenters. The molecule has 0 saturated heterocycles. The number of rotatable bonds is 10. The Kier molecular flexibility index (Phi) is 9.72. The lowest BCUT2D eigenvalue weighted by Gasteiger charge is -2.20. The number of alkyl carbamates (subject to hydrolysis) is 1. The van der Waals surface area contributed by atoms with E-state index in [2.05, 4.69) is 5.32 Å².